The predicted molar refractivity (Wildman–Crippen MR) is 122 cm³/mol. The summed E-state index contributed by atoms with van der Waals surface area (Å²) in [5.74, 6) is -0.170. The highest BCUT2D eigenvalue weighted by atomic mass is 35.5. The van der Waals surface area contributed by atoms with E-state index in [0.29, 0.717) is 44.3 Å². The first-order valence-corrected chi connectivity index (χ1v) is 11.3. The first-order chi connectivity index (χ1) is 15.5. The van der Waals surface area contributed by atoms with E-state index >= 15 is 0 Å². The van der Waals surface area contributed by atoms with Crippen molar-refractivity contribution in [3.05, 3.63) is 63.2 Å². The van der Waals surface area contributed by atoms with Crippen LogP contribution in [0.25, 0.3) is 0 Å². The Bertz CT molecular complexity index is 1040. The fraction of sp³-hybridized carbons (Fsp3) is 0.435. The number of anilines is 2. The lowest BCUT2D eigenvalue weighted by Gasteiger charge is -2.47. The van der Waals surface area contributed by atoms with Crippen molar-refractivity contribution in [3.8, 4) is 0 Å². The maximum atomic E-state index is 13.6. The van der Waals surface area contributed by atoms with E-state index in [4.69, 9.17) is 16.3 Å². The molecule has 3 heterocycles. The van der Waals surface area contributed by atoms with Gasteiger partial charge in [-0.15, -0.1) is 0 Å². The summed E-state index contributed by atoms with van der Waals surface area (Å²) in [6.07, 6.45) is 0.495. The zero-order valence-electron chi connectivity index (χ0n) is 17.7. The van der Waals surface area contributed by atoms with Gasteiger partial charge >= 0.3 is 0 Å². The van der Waals surface area contributed by atoms with Crippen LogP contribution in [0.3, 0.4) is 0 Å². The van der Waals surface area contributed by atoms with E-state index in [1.54, 1.807) is 12.1 Å². The van der Waals surface area contributed by atoms with Crippen LogP contribution >= 0.6 is 11.6 Å². The van der Waals surface area contributed by atoms with Crippen molar-refractivity contribution < 1.29 is 14.5 Å². The van der Waals surface area contributed by atoms with Gasteiger partial charge in [0.1, 0.15) is 0 Å². The van der Waals surface area contributed by atoms with Gasteiger partial charge in [0.15, 0.2) is 0 Å². The molecule has 2 fully saturated rings. The van der Waals surface area contributed by atoms with Crippen molar-refractivity contribution in [2.24, 2.45) is 5.92 Å². The Morgan fingerprint density at radius 2 is 1.91 bits per heavy atom. The van der Waals surface area contributed by atoms with E-state index < -0.39 is 0 Å². The number of ether oxygens (including phenoxy) is 1. The molecule has 0 bridgehead atoms. The molecule has 32 heavy (non-hydrogen) atoms. The lowest BCUT2D eigenvalue weighted by molar-refractivity contribution is -0.384. The van der Waals surface area contributed by atoms with E-state index in [9.17, 15) is 14.9 Å². The number of amides is 1. The number of nitro benzene ring substituents is 1. The number of piperazine rings is 1. The van der Waals surface area contributed by atoms with E-state index in [1.165, 1.54) is 0 Å². The summed E-state index contributed by atoms with van der Waals surface area (Å²) in [5, 5.41) is 12.0. The van der Waals surface area contributed by atoms with Gasteiger partial charge in [-0.05, 0) is 36.2 Å². The van der Waals surface area contributed by atoms with Crippen molar-refractivity contribution in [1.29, 1.82) is 0 Å². The monoisotopic (exact) mass is 456 g/mol. The van der Waals surface area contributed by atoms with E-state index in [0.717, 1.165) is 30.0 Å². The number of hydrogen-bond acceptors (Lipinski definition) is 6. The molecule has 0 N–H and O–H groups in total. The van der Waals surface area contributed by atoms with E-state index in [-0.39, 0.29) is 28.5 Å². The molecule has 0 saturated carbocycles. The normalized spacial score (nSPS) is 22.8. The largest absolute Gasteiger partial charge is 0.377 e. The summed E-state index contributed by atoms with van der Waals surface area (Å²) in [5.41, 5.74) is 2.99. The topological polar surface area (TPSA) is 79.2 Å². The van der Waals surface area contributed by atoms with Gasteiger partial charge < -0.3 is 19.4 Å². The number of fused-ring (bicyclic) bond motifs is 3. The lowest BCUT2D eigenvalue weighted by atomic mass is 9.83. The second-order valence-electron chi connectivity index (χ2n) is 8.51. The Morgan fingerprint density at radius 3 is 2.66 bits per heavy atom. The summed E-state index contributed by atoms with van der Waals surface area (Å²) in [6, 6.07) is 12.7. The molecule has 0 aliphatic carbocycles. The SMILES string of the molecule is O=C(C1Cc2cc([N+](=O)[O-])ccc2N2CCOCC12)N1CCN(c2cccc(Cl)c2)CC1. The van der Waals surface area contributed by atoms with Crippen molar-refractivity contribution in [2.45, 2.75) is 12.5 Å². The zero-order chi connectivity index (χ0) is 22.2. The second kappa shape index (κ2) is 8.60. The highest BCUT2D eigenvalue weighted by molar-refractivity contribution is 6.30. The van der Waals surface area contributed by atoms with Gasteiger partial charge in [0.2, 0.25) is 5.91 Å². The minimum Gasteiger partial charge on any atom is -0.377 e. The fourth-order valence-corrected chi connectivity index (χ4v) is 5.29. The molecule has 3 aliphatic rings. The molecule has 5 rings (SSSR count). The molecule has 3 aliphatic heterocycles. The molecule has 2 unspecified atom stereocenters. The highest BCUT2D eigenvalue weighted by Gasteiger charge is 2.42. The third kappa shape index (κ3) is 3.89. The maximum Gasteiger partial charge on any atom is 0.269 e. The molecule has 0 aromatic heterocycles. The number of benzene rings is 2. The zero-order valence-corrected chi connectivity index (χ0v) is 18.4. The number of halogens is 1. The lowest BCUT2D eigenvalue weighted by Crippen LogP contribution is -2.59. The molecule has 0 spiro atoms. The van der Waals surface area contributed by atoms with E-state index in [2.05, 4.69) is 9.80 Å². The first-order valence-electron chi connectivity index (χ1n) is 10.9. The number of nitro groups is 1. The third-order valence-corrected chi connectivity index (χ3v) is 6.97. The summed E-state index contributed by atoms with van der Waals surface area (Å²) in [6.45, 7) is 4.52. The number of carbonyl (C=O) groups excluding carboxylic acids is 1. The molecule has 8 nitrogen and oxygen atoms in total. The van der Waals surface area contributed by atoms with Crippen LogP contribution in [0.1, 0.15) is 5.56 Å². The number of non-ortho nitro benzene ring substituents is 1. The Labute approximate surface area is 191 Å². The molecular weight excluding hydrogens is 432 g/mol. The molecule has 2 aromatic rings. The standard InChI is InChI=1S/C23H25ClN4O4/c24-17-2-1-3-18(14-17)25-6-8-26(9-7-25)23(29)20-13-16-12-19(28(30)31)4-5-21(16)27-10-11-32-15-22(20)27/h1-5,12,14,20,22H,6-11,13,15H2. The Hall–Kier alpha value is -2.84. The molecular formula is C23H25ClN4O4. The molecule has 2 atom stereocenters. The number of rotatable bonds is 3. The first kappa shape index (κ1) is 21.0. The summed E-state index contributed by atoms with van der Waals surface area (Å²) >= 11 is 6.13. The average Bonchev–Trinajstić information content (AvgIpc) is 2.83. The molecule has 9 heteroatoms. The van der Waals surface area contributed by atoms with Crippen molar-refractivity contribution >= 4 is 34.6 Å². The van der Waals surface area contributed by atoms with Crippen LogP contribution in [-0.2, 0) is 16.0 Å². The van der Waals surface area contributed by atoms with Crippen LogP contribution in [0.2, 0.25) is 5.02 Å². The minimum atomic E-state index is -0.377. The Balaban J connectivity index is 1.34. The summed E-state index contributed by atoms with van der Waals surface area (Å²) in [4.78, 5) is 30.9. The van der Waals surface area contributed by atoms with Gasteiger partial charge in [0, 0.05) is 61.3 Å². The van der Waals surface area contributed by atoms with Crippen molar-refractivity contribution in [2.75, 3.05) is 55.7 Å². The number of morpholine rings is 1. The number of carbonyl (C=O) groups is 1. The van der Waals surface area contributed by atoms with Crippen LogP contribution in [0.15, 0.2) is 42.5 Å². The van der Waals surface area contributed by atoms with Gasteiger partial charge in [-0.1, -0.05) is 17.7 Å². The predicted octanol–water partition coefficient (Wildman–Crippen LogP) is 2.97. The van der Waals surface area contributed by atoms with Crippen molar-refractivity contribution in [1.82, 2.24) is 4.90 Å². The van der Waals surface area contributed by atoms with Crippen molar-refractivity contribution in [3.63, 3.8) is 0 Å². The van der Waals surface area contributed by atoms with Gasteiger partial charge in [-0.2, -0.15) is 0 Å². The summed E-state index contributed by atoms with van der Waals surface area (Å²) in [7, 11) is 0. The molecule has 168 valence electrons. The van der Waals surface area contributed by atoms with Crippen LogP contribution in [0.5, 0.6) is 0 Å². The third-order valence-electron chi connectivity index (χ3n) is 6.73. The van der Waals surface area contributed by atoms with Crippen LogP contribution in [-0.4, -0.2) is 67.7 Å². The van der Waals surface area contributed by atoms with Crippen LogP contribution in [0.4, 0.5) is 17.1 Å². The number of nitrogens with zero attached hydrogens (tertiary/aromatic N) is 4. The van der Waals surface area contributed by atoms with Crippen LogP contribution < -0.4 is 9.80 Å². The fourth-order valence-electron chi connectivity index (χ4n) is 5.10. The summed E-state index contributed by atoms with van der Waals surface area (Å²) < 4.78 is 5.73. The molecule has 0 radical (unpaired) electrons. The molecule has 2 saturated heterocycles. The van der Waals surface area contributed by atoms with Gasteiger partial charge in [0.25, 0.3) is 5.69 Å². The Morgan fingerprint density at radius 1 is 1.09 bits per heavy atom. The van der Waals surface area contributed by atoms with Gasteiger partial charge in [0.05, 0.1) is 30.1 Å². The smallest absolute Gasteiger partial charge is 0.269 e. The van der Waals surface area contributed by atoms with Gasteiger partial charge in [-0.3, -0.25) is 14.9 Å². The second-order valence-corrected chi connectivity index (χ2v) is 8.95. The average molecular weight is 457 g/mol. The maximum absolute atomic E-state index is 13.6. The molecule has 2 aromatic carbocycles. The Kier molecular flexibility index (Phi) is 5.65. The highest BCUT2D eigenvalue weighted by Crippen LogP contribution is 2.38. The van der Waals surface area contributed by atoms with Gasteiger partial charge in [-0.25, -0.2) is 0 Å². The van der Waals surface area contributed by atoms with E-state index in [1.807, 2.05) is 35.2 Å². The molecule has 1 amide bonds. The quantitative estimate of drug-likeness (QED) is 0.522. The van der Waals surface area contributed by atoms with Crippen LogP contribution in [0, 0.1) is 16.0 Å². The number of hydrogen-bond donors (Lipinski definition) is 0. The minimum absolute atomic E-state index is 0.0452.